The van der Waals surface area contributed by atoms with Gasteiger partial charge in [-0.2, -0.15) is 0 Å². The Morgan fingerprint density at radius 1 is 0.815 bits per heavy atom. The first kappa shape index (κ1) is 24.6. The number of fused-ring (bicyclic) bond motifs is 1. The van der Waals surface area contributed by atoms with Crippen LogP contribution in [0.25, 0.3) is 10.8 Å². The second-order valence-corrected chi connectivity index (χ2v) is 8.53. The summed E-state index contributed by atoms with van der Waals surface area (Å²) < 4.78 is 35.5. The molecule has 0 aliphatic heterocycles. The van der Waals surface area contributed by atoms with Crippen molar-refractivity contribution < 1.29 is 42.5 Å². The Morgan fingerprint density at radius 2 is 1.44 bits per heavy atom. The minimum absolute atomic E-state index is 0. The molecule has 0 atom stereocenters. The molecular formula is C22H31NaO3S. The summed E-state index contributed by atoms with van der Waals surface area (Å²) in [5, 5.41) is 1.51. The fraction of sp³-hybridized carbons (Fsp3) is 0.545. The molecule has 0 aromatic heterocycles. The predicted octanol–water partition coefficient (Wildman–Crippen LogP) is 2.99. The number of unbranched alkanes of at least 4 members (excludes halogenated alkanes) is 6. The van der Waals surface area contributed by atoms with Gasteiger partial charge in [0.05, 0.1) is 4.90 Å². The van der Waals surface area contributed by atoms with Crippen molar-refractivity contribution in [1.82, 2.24) is 0 Å². The van der Waals surface area contributed by atoms with E-state index in [4.69, 9.17) is 0 Å². The molecule has 27 heavy (non-hydrogen) atoms. The van der Waals surface area contributed by atoms with Gasteiger partial charge in [-0.1, -0.05) is 76.6 Å². The van der Waals surface area contributed by atoms with E-state index in [1.165, 1.54) is 32.1 Å². The van der Waals surface area contributed by atoms with Crippen molar-refractivity contribution in [2.45, 2.75) is 83.0 Å². The monoisotopic (exact) mass is 398 g/mol. The topological polar surface area (TPSA) is 57.2 Å². The Bertz CT molecular complexity index is 816. The molecule has 0 aliphatic rings. The smallest absolute Gasteiger partial charge is 0.744 e. The average Bonchev–Trinajstić information content (AvgIpc) is 2.61. The van der Waals surface area contributed by atoms with Crippen LogP contribution in [0, 0.1) is 0 Å². The second kappa shape index (κ2) is 12.2. The van der Waals surface area contributed by atoms with Crippen LogP contribution in [0.2, 0.25) is 0 Å². The zero-order chi connectivity index (χ0) is 19.0. The predicted molar refractivity (Wildman–Crippen MR) is 108 cm³/mol. The van der Waals surface area contributed by atoms with Gasteiger partial charge in [0.2, 0.25) is 0 Å². The summed E-state index contributed by atoms with van der Waals surface area (Å²) in [7, 11) is -4.48. The van der Waals surface area contributed by atoms with Crippen molar-refractivity contribution in [3.63, 3.8) is 0 Å². The molecule has 2 rings (SSSR count). The van der Waals surface area contributed by atoms with Crippen LogP contribution in [0.1, 0.15) is 76.3 Å². The molecule has 144 valence electrons. The van der Waals surface area contributed by atoms with Crippen LogP contribution >= 0.6 is 0 Å². The van der Waals surface area contributed by atoms with Crippen molar-refractivity contribution in [3.05, 3.63) is 41.5 Å². The Balaban J connectivity index is 0.00000364. The first-order chi connectivity index (χ1) is 12.5. The molecule has 0 saturated heterocycles. The Morgan fingerprint density at radius 3 is 2.04 bits per heavy atom. The van der Waals surface area contributed by atoms with Crippen LogP contribution in [0.5, 0.6) is 0 Å². The van der Waals surface area contributed by atoms with Crippen molar-refractivity contribution in [3.8, 4) is 0 Å². The van der Waals surface area contributed by atoms with Crippen LogP contribution in [0.4, 0.5) is 0 Å². The normalized spacial score (nSPS) is 11.5. The molecule has 0 fully saturated rings. The minimum Gasteiger partial charge on any atom is -0.744 e. The zero-order valence-corrected chi connectivity index (χ0v) is 19.9. The standard InChI is InChI=1S/C22H32O3S.Na/c1-3-5-7-9-12-18-16-21-19(13-10-8-6-4-2)14-11-15-20(21)22(17-18)26(23,24)25;/h11,14-17H,3-10,12-13H2,1-2H3,(H,23,24,25);/q;+1/p-1. The van der Waals surface area contributed by atoms with Gasteiger partial charge in [-0.05, 0) is 53.6 Å². The Kier molecular flexibility index (Phi) is 11.2. The summed E-state index contributed by atoms with van der Waals surface area (Å²) in [4.78, 5) is -0.0594. The van der Waals surface area contributed by atoms with Gasteiger partial charge in [0.1, 0.15) is 10.1 Å². The number of benzene rings is 2. The van der Waals surface area contributed by atoms with Crippen molar-refractivity contribution in [2.24, 2.45) is 0 Å². The van der Waals surface area contributed by atoms with Gasteiger partial charge in [0.25, 0.3) is 0 Å². The third-order valence-corrected chi connectivity index (χ3v) is 5.87. The molecule has 0 unspecified atom stereocenters. The molecule has 2 aromatic rings. The molecule has 3 nitrogen and oxygen atoms in total. The van der Waals surface area contributed by atoms with E-state index in [9.17, 15) is 13.0 Å². The summed E-state index contributed by atoms with van der Waals surface area (Å²) >= 11 is 0. The van der Waals surface area contributed by atoms with E-state index in [1.54, 1.807) is 12.1 Å². The number of hydrogen-bond acceptors (Lipinski definition) is 3. The van der Waals surface area contributed by atoms with Gasteiger partial charge in [-0.25, -0.2) is 8.42 Å². The zero-order valence-electron chi connectivity index (χ0n) is 17.1. The molecule has 0 amide bonds. The van der Waals surface area contributed by atoms with E-state index < -0.39 is 10.1 Å². The van der Waals surface area contributed by atoms with Gasteiger partial charge in [-0.15, -0.1) is 0 Å². The summed E-state index contributed by atoms with van der Waals surface area (Å²) in [6.45, 7) is 4.36. The first-order valence-corrected chi connectivity index (χ1v) is 11.4. The number of aryl methyl sites for hydroxylation is 2. The van der Waals surface area contributed by atoms with Gasteiger partial charge in [0, 0.05) is 0 Å². The summed E-state index contributed by atoms with van der Waals surface area (Å²) in [5.41, 5.74) is 2.11. The Hall–Kier alpha value is -0.390. The maximum atomic E-state index is 11.8. The largest absolute Gasteiger partial charge is 1.00 e. The maximum absolute atomic E-state index is 11.8. The molecule has 5 heteroatoms. The van der Waals surface area contributed by atoms with E-state index in [0.29, 0.717) is 5.39 Å². The van der Waals surface area contributed by atoms with Crippen LogP contribution < -0.4 is 29.6 Å². The summed E-state index contributed by atoms with van der Waals surface area (Å²) in [6, 6.07) is 9.39. The van der Waals surface area contributed by atoms with Crippen molar-refractivity contribution in [2.75, 3.05) is 0 Å². The summed E-state index contributed by atoms with van der Waals surface area (Å²) in [5.74, 6) is 0. The first-order valence-electron chi connectivity index (χ1n) is 9.97. The Labute approximate surface area is 187 Å². The van der Waals surface area contributed by atoms with Gasteiger partial charge >= 0.3 is 29.6 Å². The fourth-order valence-corrected chi connectivity index (χ4v) is 4.28. The van der Waals surface area contributed by atoms with Crippen LogP contribution in [-0.4, -0.2) is 13.0 Å². The van der Waals surface area contributed by atoms with Crippen LogP contribution in [-0.2, 0) is 23.0 Å². The van der Waals surface area contributed by atoms with E-state index in [-0.39, 0.29) is 34.5 Å². The van der Waals surface area contributed by atoms with E-state index in [2.05, 4.69) is 26.0 Å². The van der Waals surface area contributed by atoms with Gasteiger partial charge in [-0.3, -0.25) is 0 Å². The van der Waals surface area contributed by atoms with Crippen molar-refractivity contribution in [1.29, 1.82) is 0 Å². The molecule has 0 saturated carbocycles. The average molecular weight is 399 g/mol. The van der Waals surface area contributed by atoms with Gasteiger partial charge < -0.3 is 4.55 Å². The minimum atomic E-state index is -4.48. The quantitative estimate of drug-likeness (QED) is 0.332. The van der Waals surface area contributed by atoms with Crippen LogP contribution in [0.15, 0.2) is 35.2 Å². The SMILES string of the molecule is CCCCCCc1cc(S(=O)(=O)[O-])c2cccc(CCCCCC)c2c1.[Na+]. The molecular weight excluding hydrogens is 367 g/mol. The van der Waals surface area contributed by atoms with Crippen LogP contribution in [0.3, 0.4) is 0 Å². The van der Waals surface area contributed by atoms with Gasteiger partial charge in [0.15, 0.2) is 0 Å². The number of rotatable bonds is 11. The van der Waals surface area contributed by atoms with E-state index in [0.717, 1.165) is 48.6 Å². The fourth-order valence-electron chi connectivity index (χ4n) is 3.54. The summed E-state index contributed by atoms with van der Waals surface area (Å²) in [6.07, 6.45) is 10.9. The second-order valence-electron chi connectivity index (χ2n) is 7.18. The molecule has 0 spiro atoms. The van der Waals surface area contributed by atoms with Crippen molar-refractivity contribution >= 4 is 20.9 Å². The molecule has 0 aliphatic carbocycles. The molecule has 0 N–H and O–H groups in total. The molecule has 2 aromatic carbocycles. The van der Waals surface area contributed by atoms with E-state index >= 15 is 0 Å². The molecule has 0 radical (unpaired) electrons. The third kappa shape index (κ3) is 7.51. The number of hydrogen-bond donors (Lipinski definition) is 0. The van der Waals surface area contributed by atoms with E-state index in [1.807, 2.05) is 6.07 Å². The molecule has 0 bridgehead atoms. The molecule has 0 heterocycles. The maximum Gasteiger partial charge on any atom is 1.00 e. The third-order valence-electron chi connectivity index (χ3n) is 5.00.